The third-order valence-corrected chi connectivity index (χ3v) is 6.97. The molecule has 0 spiro atoms. The summed E-state index contributed by atoms with van der Waals surface area (Å²) in [5.41, 5.74) is 1.92. The smallest absolute Gasteiger partial charge is 0.256 e. The number of aromatic amines is 1. The molecule has 2 aromatic heterocycles. The van der Waals surface area contributed by atoms with E-state index >= 15 is 0 Å². The average molecular weight is 594 g/mol. The molecule has 0 saturated carbocycles. The number of pyridine rings is 2. The van der Waals surface area contributed by atoms with Gasteiger partial charge in [-0.2, -0.15) is 0 Å². The fourth-order valence-corrected chi connectivity index (χ4v) is 5.26. The lowest BCUT2D eigenvalue weighted by Crippen LogP contribution is -2.38. The van der Waals surface area contributed by atoms with Crippen molar-refractivity contribution in [2.45, 2.75) is 0 Å². The summed E-state index contributed by atoms with van der Waals surface area (Å²) in [4.78, 5) is 22.8. The van der Waals surface area contributed by atoms with E-state index in [1.54, 1.807) is 12.3 Å². The van der Waals surface area contributed by atoms with E-state index in [9.17, 15) is 9.18 Å². The SMILES string of the molecule is O=c1[nH]ccc2c(Nc3c(Cl)cc(F)cc3I)nc3ccc(NCCN4CCOCC4)cc3c12. The van der Waals surface area contributed by atoms with Crippen molar-refractivity contribution >= 4 is 73.1 Å². The second-order valence-corrected chi connectivity index (χ2v) is 9.61. The van der Waals surface area contributed by atoms with Crippen LogP contribution in [-0.4, -0.2) is 54.3 Å². The topological polar surface area (TPSA) is 82.3 Å². The van der Waals surface area contributed by atoms with E-state index in [1.165, 1.54) is 12.1 Å². The third kappa shape index (κ3) is 4.83. The van der Waals surface area contributed by atoms with Crippen molar-refractivity contribution < 1.29 is 9.13 Å². The molecule has 10 heteroatoms. The van der Waals surface area contributed by atoms with Crippen LogP contribution in [-0.2, 0) is 4.74 Å². The molecule has 4 aromatic rings. The molecule has 1 aliphatic rings. The van der Waals surface area contributed by atoms with E-state index in [4.69, 9.17) is 21.3 Å². The maximum atomic E-state index is 13.7. The lowest BCUT2D eigenvalue weighted by molar-refractivity contribution is 0.0398. The summed E-state index contributed by atoms with van der Waals surface area (Å²) in [7, 11) is 0. The maximum Gasteiger partial charge on any atom is 0.256 e. The van der Waals surface area contributed by atoms with Crippen LogP contribution in [0.15, 0.2) is 47.4 Å². The first-order chi connectivity index (χ1) is 16.5. The lowest BCUT2D eigenvalue weighted by atomic mass is 10.1. The number of halogens is 3. The molecule has 3 heterocycles. The van der Waals surface area contributed by atoms with Gasteiger partial charge in [0.25, 0.3) is 5.56 Å². The summed E-state index contributed by atoms with van der Waals surface area (Å²) >= 11 is 8.31. The number of benzene rings is 2. The molecule has 5 rings (SSSR count). The van der Waals surface area contributed by atoms with E-state index in [0.717, 1.165) is 50.5 Å². The van der Waals surface area contributed by atoms with Crippen LogP contribution in [0.4, 0.5) is 21.6 Å². The highest BCUT2D eigenvalue weighted by molar-refractivity contribution is 14.1. The van der Waals surface area contributed by atoms with E-state index < -0.39 is 5.82 Å². The molecule has 176 valence electrons. The number of anilines is 3. The molecule has 0 bridgehead atoms. The van der Waals surface area contributed by atoms with Crippen LogP contribution in [0.1, 0.15) is 0 Å². The Kier molecular flexibility index (Phi) is 6.87. The molecule has 3 N–H and O–H groups in total. The molecule has 1 fully saturated rings. The molecule has 0 radical (unpaired) electrons. The van der Waals surface area contributed by atoms with Crippen molar-refractivity contribution in [1.29, 1.82) is 0 Å². The fraction of sp³-hybridized carbons (Fsp3) is 0.250. The first-order valence-electron chi connectivity index (χ1n) is 10.9. The van der Waals surface area contributed by atoms with Crippen molar-refractivity contribution in [2.24, 2.45) is 0 Å². The zero-order chi connectivity index (χ0) is 23.7. The van der Waals surface area contributed by atoms with Gasteiger partial charge in [0, 0.05) is 52.4 Å². The monoisotopic (exact) mass is 593 g/mol. The maximum absolute atomic E-state index is 13.7. The minimum Gasteiger partial charge on any atom is -0.384 e. The number of morpholine rings is 1. The number of ether oxygens (including phenoxy) is 1. The highest BCUT2D eigenvalue weighted by atomic mass is 127. The average Bonchev–Trinajstić information content (AvgIpc) is 2.82. The van der Waals surface area contributed by atoms with Gasteiger partial charge in [0.15, 0.2) is 0 Å². The highest BCUT2D eigenvalue weighted by Gasteiger charge is 2.16. The molecule has 0 amide bonds. The lowest BCUT2D eigenvalue weighted by Gasteiger charge is -2.26. The summed E-state index contributed by atoms with van der Waals surface area (Å²) in [5.74, 6) is 0.0643. The summed E-state index contributed by atoms with van der Waals surface area (Å²) in [6.07, 6.45) is 1.59. The molecule has 7 nitrogen and oxygen atoms in total. The molecule has 0 aliphatic carbocycles. The van der Waals surface area contributed by atoms with Gasteiger partial charge in [-0.1, -0.05) is 11.6 Å². The Hall–Kier alpha value is -2.47. The Morgan fingerprint density at radius 1 is 1.18 bits per heavy atom. The van der Waals surface area contributed by atoms with Gasteiger partial charge in [-0.3, -0.25) is 9.69 Å². The standard InChI is InChI=1S/C24H22ClFIN5O2/c25-18-11-14(26)12-19(27)22(18)31-23-16-3-4-29-24(33)21(16)17-13-15(1-2-20(17)30-23)28-5-6-32-7-9-34-10-8-32/h1-4,11-13,28H,5-10H2,(H,29,33)(H,30,31). The number of fused-ring (bicyclic) bond motifs is 3. The van der Waals surface area contributed by atoms with Crippen LogP contribution >= 0.6 is 34.2 Å². The van der Waals surface area contributed by atoms with Gasteiger partial charge >= 0.3 is 0 Å². The molecule has 2 aromatic carbocycles. The first-order valence-corrected chi connectivity index (χ1v) is 12.4. The number of nitrogens with zero attached hydrogens (tertiary/aromatic N) is 2. The van der Waals surface area contributed by atoms with E-state index in [1.807, 2.05) is 40.8 Å². The quantitative estimate of drug-likeness (QED) is 0.217. The van der Waals surface area contributed by atoms with Crippen molar-refractivity contribution in [2.75, 3.05) is 50.0 Å². The van der Waals surface area contributed by atoms with Crippen molar-refractivity contribution in [3.05, 3.63) is 67.4 Å². The molecule has 1 saturated heterocycles. The Morgan fingerprint density at radius 3 is 2.79 bits per heavy atom. The summed E-state index contributed by atoms with van der Waals surface area (Å²) in [5, 5.41) is 8.83. The molecule has 34 heavy (non-hydrogen) atoms. The minimum absolute atomic E-state index is 0.210. The fourth-order valence-electron chi connectivity index (χ4n) is 4.13. The van der Waals surface area contributed by atoms with E-state index in [0.29, 0.717) is 31.4 Å². The van der Waals surface area contributed by atoms with Crippen molar-refractivity contribution in [3.63, 3.8) is 0 Å². The molecule has 1 aliphatic heterocycles. The van der Waals surface area contributed by atoms with Gasteiger partial charge in [0.05, 0.1) is 34.8 Å². The second kappa shape index (κ2) is 10.0. The van der Waals surface area contributed by atoms with Crippen molar-refractivity contribution in [1.82, 2.24) is 14.9 Å². The largest absolute Gasteiger partial charge is 0.384 e. The van der Waals surface area contributed by atoms with Crippen LogP contribution in [0.3, 0.4) is 0 Å². The number of rotatable bonds is 6. The van der Waals surface area contributed by atoms with Gasteiger partial charge in [-0.05, 0) is 59.0 Å². The Labute approximate surface area is 213 Å². The van der Waals surface area contributed by atoms with Gasteiger partial charge in [0.2, 0.25) is 0 Å². The number of hydrogen-bond donors (Lipinski definition) is 3. The van der Waals surface area contributed by atoms with E-state index in [-0.39, 0.29) is 10.6 Å². The predicted octanol–water partition coefficient (Wildman–Crippen LogP) is 4.96. The van der Waals surface area contributed by atoms with Gasteiger partial charge < -0.3 is 20.4 Å². The normalized spacial score (nSPS) is 14.6. The summed E-state index contributed by atoms with van der Waals surface area (Å²) < 4.78 is 19.7. The zero-order valence-electron chi connectivity index (χ0n) is 18.1. The van der Waals surface area contributed by atoms with Crippen LogP contribution in [0.5, 0.6) is 0 Å². The van der Waals surface area contributed by atoms with Crippen LogP contribution in [0.25, 0.3) is 21.7 Å². The Balaban J connectivity index is 1.50. The molecule has 0 atom stereocenters. The molecular weight excluding hydrogens is 572 g/mol. The van der Waals surface area contributed by atoms with Crippen LogP contribution < -0.4 is 16.2 Å². The molecular formula is C24H22ClFIN5O2. The molecule has 0 unspecified atom stereocenters. The number of hydrogen-bond acceptors (Lipinski definition) is 6. The van der Waals surface area contributed by atoms with Gasteiger partial charge in [0.1, 0.15) is 11.6 Å². The Bertz CT molecular complexity index is 1400. The Morgan fingerprint density at radius 2 is 2.00 bits per heavy atom. The van der Waals surface area contributed by atoms with Gasteiger partial charge in [-0.15, -0.1) is 0 Å². The number of nitrogens with one attached hydrogen (secondary N) is 3. The third-order valence-electron chi connectivity index (χ3n) is 5.83. The number of aromatic nitrogens is 2. The number of H-pyrrole nitrogens is 1. The van der Waals surface area contributed by atoms with Crippen LogP contribution in [0, 0.1) is 9.39 Å². The van der Waals surface area contributed by atoms with E-state index in [2.05, 4.69) is 20.5 Å². The zero-order valence-corrected chi connectivity index (χ0v) is 21.0. The summed E-state index contributed by atoms with van der Waals surface area (Å²) in [6.45, 7) is 5.13. The second-order valence-electron chi connectivity index (χ2n) is 8.04. The minimum atomic E-state index is -0.415. The van der Waals surface area contributed by atoms with Crippen molar-refractivity contribution in [3.8, 4) is 0 Å². The predicted molar refractivity (Wildman–Crippen MR) is 143 cm³/mol. The van der Waals surface area contributed by atoms with Gasteiger partial charge in [-0.25, -0.2) is 9.37 Å². The summed E-state index contributed by atoms with van der Waals surface area (Å²) in [6, 6.07) is 10.2. The first kappa shape index (κ1) is 23.3. The highest BCUT2D eigenvalue weighted by Crippen LogP contribution is 2.35. The van der Waals surface area contributed by atoms with Crippen LogP contribution in [0.2, 0.25) is 5.02 Å².